The number of amides is 1. The fraction of sp³-hybridized carbons (Fsp3) is 0.771. The Morgan fingerprint density at radius 1 is 1.15 bits per heavy atom. The van der Waals surface area contributed by atoms with Crippen LogP contribution < -0.4 is 0 Å². The molecule has 1 aromatic rings. The summed E-state index contributed by atoms with van der Waals surface area (Å²) >= 11 is 0. The number of aliphatic hydroxyl groups excluding tert-OH is 1. The van der Waals surface area contributed by atoms with Crippen LogP contribution in [0.2, 0.25) is 0 Å². The Kier molecular flexibility index (Phi) is 10.4. The van der Waals surface area contributed by atoms with E-state index in [0.29, 0.717) is 38.5 Å². The van der Waals surface area contributed by atoms with Crippen LogP contribution >= 0.6 is 0 Å². The number of nitrogens with zero attached hydrogens (tertiary/aromatic N) is 3. The number of aliphatic hydroxyl groups is 2. The molecule has 3 N–H and O–H groups in total. The van der Waals surface area contributed by atoms with E-state index in [2.05, 4.69) is 31.2 Å². The molecule has 3 saturated carbocycles. The number of ether oxygens (including phenoxy) is 1. The van der Waals surface area contributed by atoms with E-state index in [4.69, 9.17) is 9.29 Å². The highest BCUT2D eigenvalue weighted by atomic mass is 32.2. The molecule has 0 unspecified atom stereocenters. The van der Waals surface area contributed by atoms with Crippen LogP contribution in [0.4, 0.5) is 0 Å². The lowest BCUT2D eigenvalue weighted by Gasteiger charge is -2.61. The molecule has 0 spiro atoms. The van der Waals surface area contributed by atoms with Crippen molar-refractivity contribution in [1.29, 1.82) is 0 Å². The number of carbonyl (C=O) groups is 3. The van der Waals surface area contributed by atoms with Crippen LogP contribution in [0.15, 0.2) is 11.8 Å². The van der Waals surface area contributed by atoms with Crippen LogP contribution in [-0.4, -0.2) is 93.2 Å². The van der Waals surface area contributed by atoms with E-state index in [1.807, 2.05) is 18.7 Å². The molecule has 48 heavy (non-hydrogen) atoms. The average molecular weight is 692 g/mol. The lowest BCUT2D eigenvalue weighted by atomic mass is 9.44. The van der Waals surface area contributed by atoms with Gasteiger partial charge < -0.3 is 19.8 Å². The van der Waals surface area contributed by atoms with Crippen LogP contribution in [0.25, 0.3) is 6.08 Å². The molecule has 0 aromatic carbocycles. The fourth-order valence-corrected chi connectivity index (χ4v) is 10.5. The quantitative estimate of drug-likeness (QED) is 0.158. The number of esters is 1. The third-order valence-electron chi connectivity index (χ3n) is 12.4. The number of carbonyl (C=O) groups excluding carboxylic acids is 3. The van der Waals surface area contributed by atoms with Crippen molar-refractivity contribution in [1.82, 2.24) is 14.7 Å². The molecule has 1 amide bonds. The fourth-order valence-electron chi connectivity index (χ4n) is 10.0. The minimum absolute atomic E-state index is 0.00534. The summed E-state index contributed by atoms with van der Waals surface area (Å²) in [4.78, 5) is 39.5. The number of allylic oxidation sites excluding steroid dienone is 1. The highest BCUT2D eigenvalue weighted by Crippen LogP contribution is 2.68. The van der Waals surface area contributed by atoms with Crippen LogP contribution in [0.1, 0.15) is 96.2 Å². The SMILES string of the molecule is C[C@H]1C[C@@H]2[C@H]([C@@H](O)C[C@@]3(C)[C@H]2CC[C@]3(O)C(=O)COC(=O)CCCCCCC(=O)N(C)CCS(=O)(=O)O)[C@@]2(C)Cc3cn(C)nc3C=C12. The molecule has 4 aliphatic carbocycles. The number of unbranched alkanes of at least 4 members (excludes halogenated alkanes) is 3. The standard InChI is InChI=1S/C35H53N3O9S/c1-22-16-24-25-12-13-35(43,29(40)21-47-31(42)11-9-7-6-8-10-30(41)37(4)14-15-48(44,45)46)34(25,3)19-28(39)32(24)33(2)18-23-20-38(5)36-27(23)17-26(22)33/h17,20,22,24-25,28,32,39,43H,6-16,18-19,21H2,1-5H3,(H,44,45,46)/t22-,24-,25-,28-,32+,33-,34-,35-/m0/s1. The van der Waals surface area contributed by atoms with E-state index < -0.39 is 51.4 Å². The lowest BCUT2D eigenvalue weighted by molar-refractivity contribution is -0.185. The zero-order valence-electron chi connectivity index (χ0n) is 29.0. The maximum atomic E-state index is 13.6. The minimum atomic E-state index is -4.13. The summed E-state index contributed by atoms with van der Waals surface area (Å²) in [7, 11) is -0.713. The summed E-state index contributed by atoms with van der Waals surface area (Å²) < 4.78 is 37.8. The van der Waals surface area contributed by atoms with Crippen molar-refractivity contribution < 1.29 is 42.3 Å². The Hall–Kier alpha value is -2.61. The zero-order valence-corrected chi connectivity index (χ0v) is 29.8. The molecule has 3 fully saturated rings. The zero-order chi connectivity index (χ0) is 35.2. The number of Topliss-reactive ketones (excluding diaryl/α,β-unsaturated/α-hetero) is 1. The molecule has 0 aliphatic heterocycles. The predicted octanol–water partition coefficient (Wildman–Crippen LogP) is 3.35. The summed E-state index contributed by atoms with van der Waals surface area (Å²) in [5.41, 5.74) is 0.774. The van der Waals surface area contributed by atoms with Gasteiger partial charge in [-0.3, -0.25) is 23.6 Å². The Bertz CT molecular complexity index is 1560. The molecular formula is C35H53N3O9S. The predicted molar refractivity (Wildman–Crippen MR) is 178 cm³/mol. The first-order chi connectivity index (χ1) is 22.4. The van der Waals surface area contributed by atoms with Gasteiger partial charge in [-0.1, -0.05) is 39.2 Å². The van der Waals surface area contributed by atoms with Crippen LogP contribution in [-0.2, 0) is 42.7 Å². The third-order valence-corrected chi connectivity index (χ3v) is 13.1. The van der Waals surface area contributed by atoms with Crippen molar-refractivity contribution in [3.63, 3.8) is 0 Å². The van der Waals surface area contributed by atoms with Crippen molar-refractivity contribution >= 4 is 33.9 Å². The van der Waals surface area contributed by atoms with Crippen LogP contribution in [0.3, 0.4) is 0 Å². The Morgan fingerprint density at radius 3 is 2.52 bits per heavy atom. The smallest absolute Gasteiger partial charge is 0.306 e. The van der Waals surface area contributed by atoms with Gasteiger partial charge in [0.1, 0.15) is 5.60 Å². The monoisotopic (exact) mass is 691 g/mol. The summed E-state index contributed by atoms with van der Waals surface area (Å²) in [6.45, 7) is 5.88. The largest absolute Gasteiger partial charge is 0.458 e. The first-order valence-corrected chi connectivity index (χ1v) is 19.0. The molecular weight excluding hydrogens is 638 g/mol. The highest BCUT2D eigenvalue weighted by Gasteiger charge is 2.69. The lowest BCUT2D eigenvalue weighted by Crippen LogP contribution is -2.63. The van der Waals surface area contributed by atoms with Crippen molar-refractivity contribution in [3.05, 3.63) is 23.0 Å². The molecule has 4 aliphatic rings. The van der Waals surface area contributed by atoms with Gasteiger partial charge in [0.25, 0.3) is 10.1 Å². The Morgan fingerprint density at radius 2 is 1.83 bits per heavy atom. The van der Waals surface area contributed by atoms with Gasteiger partial charge >= 0.3 is 5.97 Å². The average Bonchev–Trinajstić information content (AvgIpc) is 3.49. The van der Waals surface area contributed by atoms with Gasteiger partial charge in [0.05, 0.1) is 17.6 Å². The number of fused-ring (bicyclic) bond motifs is 6. The van der Waals surface area contributed by atoms with E-state index in [1.54, 1.807) is 0 Å². The van der Waals surface area contributed by atoms with Crippen LogP contribution in [0, 0.1) is 34.5 Å². The highest BCUT2D eigenvalue weighted by molar-refractivity contribution is 7.85. The molecule has 13 heteroatoms. The first-order valence-electron chi connectivity index (χ1n) is 17.4. The molecule has 5 rings (SSSR count). The normalized spacial score (nSPS) is 33.9. The summed E-state index contributed by atoms with van der Waals surface area (Å²) in [5, 5.41) is 28.5. The van der Waals surface area contributed by atoms with Crippen LogP contribution in [0.5, 0.6) is 0 Å². The molecule has 268 valence electrons. The van der Waals surface area contributed by atoms with Crippen molar-refractivity contribution in [2.75, 3.05) is 26.0 Å². The molecule has 1 heterocycles. The van der Waals surface area contributed by atoms with Gasteiger partial charge in [-0.25, -0.2) is 0 Å². The third kappa shape index (κ3) is 6.89. The van der Waals surface area contributed by atoms with Gasteiger partial charge in [-0.05, 0) is 85.7 Å². The van der Waals surface area contributed by atoms with E-state index >= 15 is 0 Å². The molecule has 0 bridgehead atoms. The Balaban J connectivity index is 1.11. The molecule has 8 atom stereocenters. The van der Waals surface area contributed by atoms with Crippen molar-refractivity contribution in [2.45, 2.75) is 103 Å². The second kappa shape index (κ2) is 13.6. The van der Waals surface area contributed by atoms with E-state index in [0.717, 1.165) is 18.5 Å². The topological polar surface area (TPSA) is 176 Å². The number of hydrogen-bond acceptors (Lipinski definition) is 9. The Labute approximate surface area is 284 Å². The number of hydrogen-bond donors (Lipinski definition) is 3. The molecule has 1 aromatic heterocycles. The molecule has 12 nitrogen and oxygen atoms in total. The maximum Gasteiger partial charge on any atom is 0.306 e. The molecule has 0 radical (unpaired) electrons. The summed E-state index contributed by atoms with van der Waals surface area (Å²) in [6.07, 6.45) is 9.36. The van der Waals surface area contributed by atoms with Gasteiger partial charge in [-0.15, -0.1) is 0 Å². The summed E-state index contributed by atoms with van der Waals surface area (Å²) in [6, 6.07) is 0. The van der Waals surface area contributed by atoms with Gasteiger partial charge in [0.2, 0.25) is 11.7 Å². The first kappa shape index (κ1) is 36.7. The second-order valence-corrected chi connectivity index (χ2v) is 17.1. The maximum absolute atomic E-state index is 13.6. The van der Waals surface area contributed by atoms with Crippen molar-refractivity contribution in [2.24, 2.45) is 41.5 Å². The van der Waals surface area contributed by atoms with Gasteiger partial charge in [0.15, 0.2) is 6.61 Å². The van der Waals surface area contributed by atoms with E-state index in [-0.39, 0.29) is 60.8 Å². The summed E-state index contributed by atoms with van der Waals surface area (Å²) in [5.74, 6) is -1.26. The minimum Gasteiger partial charge on any atom is -0.458 e. The molecule has 0 saturated heterocycles. The number of aromatic nitrogens is 2. The van der Waals surface area contributed by atoms with E-state index in [9.17, 15) is 33.0 Å². The second-order valence-electron chi connectivity index (χ2n) is 15.5. The van der Waals surface area contributed by atoms with E-state index in [1.165, 1.54) is 23.1 Å². The van der Waals surface area contributed by atoms with Crippen molar-refractivity contribution in [3.8, 4) is 0 Å². The number of rotatable bonds is 13. The van der Waals surface area contributed by atoms with Gasteiger partial charge in [-0.2, -0.15) is 13.5 Å². The van der Waals surface area contributed by atoms with Gasteiger partial charge in [0, 0.05) is 45.1 Å². The number of ketones is 1. The number of aryl methyl sites for hydroxylation is 1.